The van der Waals surface area contributed by atoms with Crippen molar-refractivity contribution in [2.75, 3.05) is 23.8 Å². The van der Waals surface area contributed by atoms with Crippen LogP contribution >= 0.6 is 11.6 Å². The number of halogens is 4. The molecule has 0 saturated heterocycles. The number of ether oxygens (including phenoxy) is 1. The molecule has 2 aromatic heterocycles. The zero-order valence-electron chi connectivity index (χ0n) is 15.6. The number of nitrogens with two attached hydrogens (primary N) is 1. The molecule has 1 aromatic carbocycles. The molecule has 2 heterocycles. The van der Waals surface area contributed by atoms with Crippen LogP contribution < -0.4 is 21.1 Å². The Kier molecular flexibility index (Phi) is 6.91. The summed E-state index contributed by atoms with van der Waals surface area (Å²) in [5.74, 6) is 0.197. The first kappa shape index (κ1) is 21.6. The molecule has 0 aliphatic carbocycles. The maximum Gasteiger partial charge on any atom is 0.422 e. The van der Waals surface area contributed by atoms with Gasteiger partial charge in [-0.05, 0) is 30.8 Å². The fourth-order valence-corrected chi connectivity index (χ4v) is 2.55. The van der Waals surface area contributed by atoms with Gasteiger partial charge in [0, 0.05) is 17.8 Å². The fourth-order valence-electron chi connectivity index (χ4n) is 2.41. The topological polar surface area (TPSA) is 98.0 Å². The Morgan fingerprint density at radius 3 is 2.50 bits per heavy atom. The summed E-state index contributed by atoms with van der Waals surface area (Å²) in [7, 11) is 0. The average molecular weight is 439 g/mol. The van der Waals surface area contributed by atoms with Crippen LogP contribution in [0.15, 0.2) is 48.7 Å². The van der Waals surface area contributed by atoms with E-state index >= 15 is 0 Å². The van der Waals surface area contributed by atoms with Crippen LogP contribution in [0.3, 0.4) is 0 Å². The molecule has 0 aliphatic heterocycles. The number of alkyl halides is 3. The van der Waals surface area contributed by atoms with Gasteiger partial charge in [-0.2, -0.15) is 18.2 Å². The van der Waals surface area contributed by atoms with Crippen LogP contribution in [0.25, 0.3) is 0 Å². The number of para-hydroxylation sites is 1. The molecule has 11 heteroatoms. The summed E-state index contributed by atoms with van der Waals surface area (Å²) in [5.41, 5.74) is 6.93. The molecule has 0 spiro atoms. The molecule has 3 rings (SSSR count). The fraction of sp³-hybridized carbons (Fsp3) is 0.211. The van der Waals surface area contributed by atoms with Crippen LogP contribution in [-0.4, -0.2) is 34.3 Å². The molecule has 158 valence electrons. The van der Waals surface area contributed by atoms with Gasteiger partial charge >= 0.3 is 6.18 Å². The summed E-state index contributed by atoms with van der Waals surface area (Å²) in [6.07, 6.45) is -2.74. The Labute approximate surface area is 175 Å². The highest BCUT2D eigenvalue weighted by atomic mass is 35.5. The minimum atomic E-state index is -4.51. The number of nitrogens with zero attached hydrogens (tertiary/aromatic N) is 3. The average Bonchev–Trinajstić information content (AvgIpc) is 2.71. The largest absolute Gasteiger partial charge is 0.467 e. The Morgan fingerprint density at radius 2 is 1.80 bits per heavy atom. The van der Waals surface area contributed by atoms with Crippen LogP contribution in [0.1, 0.15) is 5.69 Å². The predicted molar refractivity (Wildman–Crippen MR) is 109 cm³/mol. The van der Waals surface area contributed by atoms with E-state index < -0.39 is 12.8 Å². The Bertz CT molecular complexity index is 988. The molecule has 0 radical (unpaired) electrons. The third-order valence-corrected chi connectivity index (χ3v) is 3.99. The second-order valence-corrected chi connectivity index (χ2v) is 6.51. The van der Waals surface area contributed by atoms with E-state index in [1.807, 2.05) is 30.3 Å². The second-order valence-electron chi connectivity index (χ2n) is 6.10. The summed E-state index contributed by atoms with van der Waals surface area (Å²) in [6, 6.07) is 12.4. The number of anilines is 4. The molecule has 0 atom stereocenters. The van der Waals surface area contributed by atoms with Crippen molar-refractivity contribution in [1.29, 1.82) is 0 Å². The van der Waals surface area contributed by atoms with Gasteiger partial charge in [0.15, 0.2) is 12.4 Å². The molecule has 3 aromatic rings. The highest BCUT2D eigenvalue weighted by Gasteiger charge is 2.29. The lowest BCUT2D eigenvalue weighted by Crippen LogP contribution is -2.20. The monoisotopic (exact) mass is 438 g/mol. The van der Waals surface area contributed by atoms with Crippen molar-refractivity contribution in [2.24, 2.45) is 5.73 Å². The van der Waals surface area contributed by atoms with Gasteiger partial charge in [-0.25, -0.2) is 9.97 Å². The van der Waals surface area contributed by atoms with Crippen molar-refractivity contribution < 1.29 is 17.9 Å². The highest BCUT2D eigenvalue weighted by molar-refractivity contribution is 6.32. The number of hydrogen-bond donors (Lipinski definition) is 3. The van der Waals surface area contributed by atoms with Crippen molar-refractivity contribution in [3.63, 3.8) is 0 Å². The first-order chi connectivity index (χ1) is 14.3. The summed E-state index contributed by atoms with van der Waals surface area (Å²) in [6.45, 7) is -1.18. The zero-order chi connectivity index (χ0) is 21.6. The number of hydrogen-bond acceptors (Lipinski definition) is 7. The summed E-state index contributed by atoms with van der Waals surface area (Å²) < 4.78 is 42.7. The summed E-state index contributed by atoms with van der Waals surface area (Å²) >= 11 is 6.15. The van der Waals surface area contributed by atoms with Gasteiger partial charge in [0.25, 0.3) is 0 Å². The SMILES string of the molecule is NCCc1ccc(Nc2ncc(Cl)c(Nc3ccccc3)n2)c(OCC(F)(F)F)n1. The van der Waals surface area contributed by atoms with Crippen molar-refractivity contribution in [3.05, 3.63) is 59.4 Å². The van der Waals surface area contributed by atoms with E-state index in [1.165, 1.54) is 12.3 Å². The van der Waals surface area contributed by atoms with E-state index in [2.05, 4.69) is 25.6 Å². The quantitative estimate of drug-likeness (QED) is 0.477. The number of nitrogens with one attached hydrogen (secondary N) is 2. The van der Waals surface area contributed by atoms with E-state index in [9.17, 15) is 13.2 Å². The van der Waals surface area contributed by atoms with Gasteiger partial charge in [0.1, 0.15) is 10.7 Å². The van der Waals surface area contributed by atoms with Crippen LogP contribution in [0.2, 0.25) is 5.02 Å². The minimum Gasteiger partial charge on any atom is -0.467 e. The molecule has 7 nitrogen and oxygen atoms in total. The van der Waals surface area contributed by atoms with E-state index in [1.54, 1.807) is 6.07 Å². The summed E-state index contributed by atoms with van der Waals surface area (Å²) in [4.78, 5) is 12.5. The van der Waals surface area contributed by atoms with Crippen LogP contribution in [-0.2, 0) is 6.42 Å². The lowest BCUT2D eigenvalue weighted by atomic mass is 10.2. The third kappa shape index (κ3) is 6.19. The molecule has 0 fully saturated rings. The van der Waals surface area contributed by atoms with Crippen molar-refractivity contribution >= 4 is 34.7 Å². The number of rotatable bonds is 8. The molecule has 0 amide bonds. The van der Waals surface area contributed by atoms with Crippen LogP contribution in [0.4, 0.5) is 36.3 Å². The van der Waals surface area contributed by atoms with Crippen molar-refractivity contribution in [2.45, 2.75) is 12.6 Å². The van der Waals surface area contributed by atoms with E-state index in [4.69, 9.17) is 22.1 Å². The van der Waals surface area contributed by atoms with Crippen LogP contribution in [0.5, 0.6) is 5.88 Å². The molecule has 4 N–H and O–H groups in total. The van der Waals surface area contributed by atoms with Gasteiger partial charge < -0.3 is 21.1 Å². The summed E-state index contributed by atoms with van der Waals surface area (Å²) in [5, 5.41) is 6.15. The second kappa shape index (κ2) is 9.59. The number of pyridine rings is 1. The lowest BCUT2D eigenvalue weighted by molar-refractivity contribution is -0.154. The van der Waals surface area contributed by atoms with Crippen LogP contribution in [0, 0.1) is 0 Å². The molecule has 0 saturated carbocycles. The van der Waals surface area contributed by atoms with E-state index in [0.717, 1.165) is 5.69 Å². The van der Waals surface area contributed by atoms with E-state index in [0.29, 0.717) is 24.5 Å². The van der Waals surface area contributed by atoms with Gasteiger partial charge in [-0.1, -0.05) is 29.8 Å². The zero-order valence-corrected chi connectivity index (χ0v) is 16.3. The highest BCUT2D eigenvalue weighted by Crippen LogP contribution is 2.29. The van der Waals surface area contributed by atoms with Crippen molar-refractivity contribution in [3.8, 4) is 5.88 Å². The van der Waals surface area contributed by atoms with Gasteiger partial charge in [-0.15, -0.1) is 0 Å². The molecule has 30 heavy (non-hydrogen) atoms. The number of aromatic nitrogens is 3. The predicted octanol–water partition coefficient (Wildman–Crippen LogP) is 4.45. The van der Waals surface area contributed by atoms with Gasteiger partial charge in [0.05, 0.1) is 6.20 Å². The van der Waals surface area contributed by atoms with Gasteiger partial charge in [-0.3, -0.25) is 0 Å². The smallest absolute Gasteiger partial charge is 0.422 e. The van der Waals surface area contributed by atoms with Crippen molar-refractivity contribution in [1.82, 2.24) is 15.0 Å². The normalized spacial score (nSPS) is 11.2. The third-order valence-electron chi connectivity index (χ3n) is 3.72. The minimum absolute atomic E-state index is 0.100. The Morgan fingerprint density at radius 1 is 1.03 bits per heavy atom. The standard InChI is InChI=1S/C19H18ClF3N6O/c20-14-10-25-18(29-16(14)26-12-4-2-1-3-5-12)28-15-7-6-13(8-9-24)27-17(15)30-11-19(21,22)23/h1-7,10H,8-9,11,24H2,(H2,25,26,28,29). The molecular formula is C19H18ClF3N6O. The lowest BCUT2D eigenvalue weighted by Gasteiger charge is -2.15. The molecule has 0 bridgehead atoms. The molecule has 0 unspecified atom stereocenters. The number of benzene rings is 1. The molecular weight excluding hydrogens is 421 g/mol. The van der Waals surface area contributed by atoms with E-state index in [-0.39, 0.29) is 22.5 Å². The Balaban J connectivity index is 1.84. The molecule has 0 aliphatic rings. The Hall–Kier alpha value is -3.11. The maximum absolute atomic E-state index is 12.6. The maximum atomic E-state index is 12.6. The first-order valence-electron chi connectivity index (χ1n) is 8.85. The first-order valence-corrected chi connectivity index (χ1v) is 9.23. The van der Waals surface area contributed by atoms with Gasteiger partial charge in [0.2, 0.25) is 11.8 Å².